The van der Waals surface area contributed by atoms with Crippen molar-refractivity contribution in [2.45, 2.75) is 19.4 Å². The van der Waals surface area contributed by atoms with Crippen molar-refractivity contribution in [2.75, 3.05) is 34.0 Å². The highest BCUT2D eigenvalue weighted by Crippen LogP contribution is 2.42. The minimum atomic E-state index is -0.0120. The zero-order valence-corrected chi connectivity index (χ0v) is 24.5. The molecule has 6 rings (SSSR count). The van der Waals surface area contributed by atoms with Crippen molar-refractivity contribution < 1.29 is 23.7 Å². The number of hydrogen-bond acceptors (Lipinski definition) is 7. The Hall–Kier alpha value is -4.56. The van der Waals surface area contributed by atoms with E-state index in [1.165, 1.54) is 10.1 Å². The highest BCUT2D eigenvalue weighted by atomic mass is 32.1. The summed E-state index contributed by atoms with van der Waals surface area (Å²) in [5, 5.41) is 3.37. The van der Waals surface area contributed by atoms with E-state index >= 15 is 0 Å². The van der Waals surface area contributed by atoms with Gasteiger partial charge in [0.1, 0.15) is 18.1 Å². The van der Waals surface area contributed by atoms with Crippen molar-refractivity contribution in [3.05, 3.63) is 101 Å². The number of fused-ring (bicyclic) bond motifs is 2. The highest BCUT2D eigenvalue weighted by molar-refractivity contribution is 7.17. The van der Waals surface area contributed by atoms with Crippen LogP contribution in [0.2, 0.25) is 0 Å². The van der Waals surface area contributed by atoms with Crippen LogP contribution < -0.4 is 18.9 Å². The average Bonchev–Trinajstić information content (AvgIpc) is 3.33. The molecule has 0 saturated carbocycles. The summed E-state index contributed by atoms with van der Waals surface area (Å²) in [5.41, 5.74) is 4.83. The molecule has 0 atom stereocenters. The standard InChI is InChI=1S/C34H32N2O5S/c1-38-27-10-11-30(39-2)24(18-27)20-33(37)36-14-16-41-34-25(21-36)17-23(29-22-42-32-9-4-3-8-28(29)32)19-31(34)40-15-12-26-7-5-6-13-35-26/h3-11,13,17-19,22H,12,14-16,20-21H2,1-2H3. The van der Waals surface area contributed by atoms with Crippen LogP contribution >= 0.6 is 11.3 Å². The van der Waals surface area contributed by atoms with Crippen molar-refractivity contribution in [3.8, 4) is 34.1 Å². The van der Waals surface area contributed by atoms with E-state index in [-0.39, 0.29) is 12.3 Å². The second kappa shape index (κ2) is 12.5. The lowest BCUT2D eigenvalue weighted by molar-refractivity contribution is -0.131. The second-order valence-electron chi connectivity index (χ2n) is 10.0. The fourth-order valence-electron chi connectivity index (χ4n) is 5.27. The Labute approximate surface area is 249 Å². The number of amides is 1. The van der Waals surface area contributed by atoms with Crippen LogP contribution in [0.5, 0.6) is 23.0 Å². The van der Waals surface area contributed by atoms with Crippen LogP contribution in [0.25, 0.3) is 21.2 Å². The molecule has 0 unspecified atom stereocenters. The molecule has 5 aromatic rings. The molecular formula is C34H32N2O5S. The van der Waals surface area contributed by atoms with Gasteiger partial charge >= 0.3 is 0 Å². The fourth-order valence-corrected chi connectivity index (χ4v) is 6.24. The Balaban J connectivity index is 1.32. The minimum Gasteiger partial charge on any atom is -0.497 e. The van der Waals surface area contributed by atoms with E-state index < -0.39 is 0 Å². The van der Waals surface area contributed by atoms with Gasteiger partial charge in [-0.2, -0.15) is 0 Å². The average molecular weight is 581 g/mol. The van der Waals surface area contributed by atoms with Gasteiger partial charge in [0, 0.05) is 51.6 Å². The number of carbonyl (C=O) groups is 1. The second-order valence-corrected chi connectivity index (χ2v) is 11.0. The predicted molar refractivity (Wildman–Crippen MR) is 165 cm³/mol. The third-order valence-corrected chi connectivity index (χ3v) is 8.38. The molecule has 0 aliphatic carbocycles. The number of ether oxygens (including phenoxy) is 4. The molecule has 2 aromatic heterocycles. The van der Waals surface area contributed by atoms with E-state index in [9.17, 15) is 4.79 Å². The summed E-state index contributed by atoms with van der Waals surface area (Å²) >= 11 is 1.72. The summed E-state index contributed by atoms with van der Waals surface area (Å²) in [6.07, 6.45) is 2.66. The molecule has 214 valence electrons. The number of nitrogens with zero attached hydrogens (tertiary/aromatic N) is 2. The van der Waals surface area contributed by atoms with Gasteiger partial charge in [0.2, 0.25) is 5.91 Å². The number of thiophene rings is 1. The van der Waals surface area contributed by atoms with Gasteiger partial charge in [-0.15, -0.1) is 11.3 Å². The molecule has 0 fully saturated rings. The number of carbonyl (C=O) groups excluding carboxylic acids is 1. The quantitative estimate of drug-likeness (QED) is 0.197. The summed E-state index contributed by atoms with van der Waals surface area (Å²) in [6.45, 7) is 1.70. The summed E-state index contributed by atoms with van der Waals surface area (Å²) in [7, 11) is 3.22. The van der Waals surface area contributed by atoms with E-state index in [1.807, 2.05) is 41.3 Å². The number of methoxy groups -OCH3 is 2. The molecule has 3 aromatic carbocycles. The van der Waals surface area contributed by atoms with Gasteiger partial charge in [-0.1, -0.05) is 24.3 Å². The molecule has 1 aliphatic rings. The topological polar surface area (TPSA) is 70.1 Å². The molecule has 0 saturated heterocycles. The van der Waals surface area contributed by atoms with Crippen molar-refractivity contribution in [1.82, 2.24) is 9.88 Å². The van der Waals surface area contributed by atoms with Crippen LogP contribution in [0.3, 0.4) is 0 Å². The smallest absolute Gasteiger partial charge is 0.227 e. The zero-order valence-electron chi connectivity index (χ0n) is 23.7. The van der Waals surface area contributed by atoms with E-state index in [4.69, 9.17) is 18.9 Å². The zero-order chi connectivity index (χ0) is 28.9. The first-order valence-corrected chi connectivity index (χ1v) is 14.8. The minimum absolute atomic E-state index is 0.0120. The van der Waals surface area contributed by atoms with Crippen LogP contribution in [-0.4, -0.2) is 49.8 Å². The normalized spacial score (nSPS) is 12.8. The lowest BCUT2D eigenvalue weighted by Gasteiger charge is -2.21. The Bertz CT molecular complexity index is 1700. The molecule has 7 nitrogen and oxygen atoms in total. The van der Waals surface area contributed by atoms with Gasteiger partial charge in [-0.05, 0) is 59.5 Å². The van der Waals surface area contributed by atoms with Crippen molar-refractivity contribution in [2.24, 2.45) is 0 Å². The fraction of sp³-hybridized carbons (Fsp3) is 0.235. The Morgan fingerprint density at radius 1 is 1.00 bits per heavy atom. The van der Waals surface area contributed by atoms with Crippen molar-refractivity contribution in [1.29, 1.82) is 0 Å². The van der Waals surface area contributed by atoms with Gasteiger partial charge < -0.3 is 23.8 Å². The van der Waals surface area contributed by atoms with E-state index in [2.05, 4.69) is 46.8 Å². The van der Waals surface area contributed by atoms with Gasteiger partial charge in [0.25, 0.3) is 0 Å². The SMILES string of the molecule is COc1ccc(OC)c(CC(=O)N2CCOc3c(cc(-c4csc5ccccc45)cc3OCCc3ccccn3)C2)c1. The third kappa shape index (κ3) is 5.90. The maximum absolute atomic E-state index is 13.6. The molecule has 1 amide bonds. The Morgan fingerprint density at radius 2 is 1.88 bits per heavy atom. The van der Waals surface area contributed by atoms with Crippen LogP contribution in [0.15, 0.2) is 84.4 Å². The van der Waals surface area contributed by atoms with Gasteiger partial charge in [-0.3, -0.25) is 9.78 Å². The molecular weight excluding hydrogens is 548 g/mol. The number of rotatable bonds is 9. The molecule has 0 bridgehead atoms. The van der Waals surface area contributed by atoms with Crippen LogP contribution in [0.4, 0.5) is 0 Å². The van der Waals surface area contributed by atoms with Gasteiger partial charge in [0.15, 0.2) is 11.5 Å². The first kappa shape index (κ1) is 27.6. The van der Waals surface area contributed by atoms with Crippen LogP contribution in [0, 0.1) is 0 Å². The first-order chi connectivity index (χ1) is 20.6. The number of hydrogen-bond donors (Lipinski definition) is 0. The van der Waals surface area contributed by atoms with E-state index in [0.717, 1.165) is 27.9 Å². The van der Waals surface area contributed by atoms with E-state index in [0.29, 0.717) is 55.7 Å². The third-order valence-electron chi connectivity index (χ3n) is 7.42. The van der Waals surface area contributed by atoms with Gasteiger partial charge in [0.05, 0.1) is 33.8 Å². The monoisotopic (exact) mass is 580 g/mol. The summed E-state index contributed by atoms with van der Waals surface area (Å²) in [5.74, 6) is 2.70. The molecule has 0 N–H and O–H groups in total. The molecule has 0 spiro atoms. The van der Waals surface area contributed by atoms with Crippen LogP contribution in [-0.2, 0) is 24.2 Å². The Kier molecular flexibility index (Phi) is 8.23. The van der Waals surface area contributed by atoms with Crippen molar-refractivity contribution in [3.63, 3.8) is 0 Å². The maximum Gasteiger partial charge on any atom is 0.227 e. The number of pyridine rings is 1. The maximum atomic E-state index is 13.6. The predicted octanol–water partition coefficient (Wildman–Crippen LogP) is 6.57. The Morgan fingerprint density at radius 3 is 2.71 bits per heavy atom. The molecule has 1 aliphatic heterocycles. The number of aromatic nitrogens is 1. The molecule has 42 heavy (non-hydrogen) atoms. The highest BCUT2D eigenvalue weighted by Gasteiger charge is 2.25. The lowest BCUT2D eigenvalue weighted by atomic mass is 10.0. The van der Waals surface area contributed by atoms with Crippen LogP contribution in [0.1, 0.15) is 16.8 Å². The first-order valence-electron chi connectivity index (χ1n) is 13.9. The summed E-state index contributed by atoms with van der Waals surface area (Å²) in [4.78, 5) is 19.9. The molecule has 8 heteroatoms. The summed E-state index contributed by atoms with van der Waals surface area (Å²) < 4.78 is 24.8. The largest absolute Gasteiger partial charge is 0.497 e. The molecule has 0 radical (unpaired) electrons. The van der Waals surface area contributed by atoms with E-state index in [1.54, 1.807) is 31.8 Å². The lowest BCUT2D eigenvalue weighted by Crippen LogP contribution is -2.33. The summed E-state index contributed by atoms with van der Waals surface area (Å²) in [6, 6.07) is 24.0. The number of benzene rings is 3. The van der Waals surface area contributed by atoms with Crippen molar-refractivity contribution >= 4 is 27.3 Å². The van der Waals surface area contributed by atoms with Gasteiger partial charge in [-0.25, -0.2) is 0 Å². The molecule has 3 heterocycles.